The van der Waals surface area contributed by atoms with Gasteiger partial charge in [-0.15, -0.1) is 0 Å². The summed E-state index contributed by atoms with van der Waals surface area (Å²) in [7, 11) is 1.64. The van der Waals surface area contributed by atoms with E-state index in [2.05, 4.69) is 0 Å². The molecule has 0 fully saturated rings. The van der Waals surface area contributed by atoms with Crippen molar-refractivity contribution >= 4 is 6.08 Å². The van der Waals surface area contributed by atoms with Crippen LogP contribution in [0.2, 0.25) is 0 Å². The summed E-state index contributed by atoms with van der Waals surface area (Å²) < 4.78 is 4.96. The van der Waals surface area contributed by atoms with E-state index in [0.717, 1.165) is 11.3 Å². The van der Waals surface area contributed by atoms with Crippen LogP contribution in [0.15, 0.2) is 24.3 Å². The summed E-state index contributed by atoms with van der Waals surface area (Å²) in [4.78, 5) is 0. The molecule has 1 radical (unpaired) electrons. The molecule has 10 heavy (non-hydrogen) atoms. The van der Waals surface area contributed by atoms with E-state index < -0.39 is 0 Å². The predicted octanol–water partition coefficient (Wildman–Crippen LogP) is 2.14. The highest BCUT2D eigenvalue weighted by atomic mass is 16.5. The van der Waals surface area contributed by atoms with Gasteiger partial charge in [-0.25, -0.2) is 0 Å². The smallest absolute Gasteiger partial charge is 0.118 e. The fourth-order valence-electron chi connectivity index (χ4n) is 0.715. The molecule has 0 saturated heterocycles. The second-order valence-corrected chi connectivity index (χ2v) is 1.94. The third-order valence-electron chi connectivity index (χ3n) is 1.31. The topological polar surface area (TPSA) is 9.23 Å². The van der Waals surface area contributed by atoms with Gasteiger partial charge in [-0.2, -0.15) is 0 Å². The maximum Gasteiger partial charge on any atom is 0.118 e. The first-order valence-corrected chi connectivity index (χ1v) is 3.06. The molecule has 0 spiro atoms. The van der Waals surface area contributed by atoms with Gasteiger partial charge in [0.1, 0.15) is 5.75 Å². The van der Waals surface area contributed by atoms with Crippen LogP contribution in [0.4, 0.5) is 0 Å². The lowest BCUT2D eigenvalue weighted by Gasteiger charge is -1.97. The van der Waals surface area contributed by atoms with Crippen LogP contribution < -0.4 is 4.74 Å². The molecule has 0 amide bonds. The molecule has 1 aromatic carbocycles. The van der Waals surface area contributed by atoms with Crippen LogP contribution in [-0.4, -0.2) is 7.11 Å². The molecule has 0 atom stereocenters. The van der Waals surface area contributed by atoms with Gasteiger partial charge in [0.25, 0.3) is 0 Å². The zero-order valence-electron chi connectivity index (χ0n) is 5.87. The van der Waals surface area contributed by atoms with Crippen LogP contribution in [0.1, 0.15) is 5.56 Å². The van der Waals surface area contributed by atoms with Crippen molar-refractivity contribution in [1.29, 1.82) is 0 Å². The minimum absolute atomic E-state index is 0.852. The summed E-state index contributed by atoms with van der Waals surface area (Å²) >= 11 is 0. The van der Waals surface area contributed by atoms with Gasteiger partial charge < -0.3 is 4.74 Å². The minimum atomic E-state index is 0.852. The van der Waals surface area contributed by atoms with Crippen molar-refractivity contribution < 1.29 is 4.74 Å². The zero-order valence-corrected chi connectivity index (χ0v) is 5.87. The first-order valence-electron chi connectivity index (χ1n) is 3.06. The highest BCUT2D eigenvalue weighted by Gasteiger charge is 1.87. The minimum Gasteiger partial charge on any atom is -0.497 e. The van der Waals surface area contributed by atoms with Crippen LogP contribution in [0.5, 0.6) is 5.75 Å². The second-order valence-electron chi connectivity index (χ2n) is 1.94. The lowest BCUT2D eigenvalue weighted by Crippen LogP contribution is -1.80. The van der Waals surface area contributed by atoms with E-state index >= 15 is 0 Å². The Morgan fingerprint density at radius 2 is 1.90 bits per heavy atom. The Kier molecular flexibility index (Phi) is 2.11. The summed E-state index contributed by atoms with van der Waals surface area (Å²) in [6.07, 6.45) is 1.56. The fourth-order valence-corrected chi connectivity index (χ4v) is 0.715. The Morgan fingerprint density at radius 3 is 2.30 bits per heavy atom. The molecule has 0 saturated carbocycles. The molecule has 0 aliphatic heterocycles. The Balaban J connectivity index is 2.90. The lowest BCUT2D eigenvalue weighted by molar-refractivity contribution is 0.415. The summed E-state index contributed by atoms with van der Waals surface area (Å²) in [5.74, 6) is 0.852. The van der Waals surface area contributed by atoms with E-state index in [4.69, 9.17) is 11.3 Å². The summed E-state index contributed by atoms with van der Waals surface area (Å²) in [5.41, 5.74) is 1.00. The van der Waals surface area contributed by atoms with E-state index in [1.165, 1.54) is 0 Å². The molecule has 1 nitrogen and oxygen atoms in total. The first-order chi connectivity index (χ1) is 4.86. The average molecular weight is 133 g/mol. The molecule has 1 rings (SSSR count). The maximum absolute atomic E-state index is 5.28. The molecule has 0 unspecified atom stereocenters. The van der Waals surface area contributed by atoms with Crippen molar-refractivity contribution in [3.63, 3.8) is 0 Å². The molecule has 0 aromatic heterocycles. The molecule has 0 bridgehead atoms. The number of hydrogen-bond acceptors (Lipinski definition) is 1. The standard InChI is InChI=1S/C9H9O/c1-3-8-4-6-9(10-2)7-5-8/h1,3-7H,2H3. The quantitative estimate of drug-likeness (QED) is 0.600. The van der Waals surface area contributed by atoms with Crippen molar-refractivity contribution in [2.75, 3.05) is 7.11 Å². The van der Waals surface area contributed by atoms with E-state index in [9.17, 15) is 0 Å². The third-order valence-corrected chi connectivity index (χ3v) is 1.31. The highest BCUT2D eigenvalue weighted by molar-refractivity contribution is 5.47. The lowest BCUT2D eigenvalue weighted by atomic mass is 10.2. The maximum atomic E-state index is 5.28. The monoisotopic (exact) mass is 133 g/mol. The van der Waals surface area contributed by atoms with Crippen molar-refractivity contribution in [1.82, 2.24) is 0 Å². The Morgan fingerprint density at radius 1 is 1.30 bits per heavy atom. The van der Waals surface area contributed by atoms with Crippen LogP contribution in [0.25, 0.3) is 6.08 Å². The van der Waals surface area contributed by atoms with Crippen molar-refractivity contribution in [2.45, 2.75) is 0 Å². The number of methoxy groups -OCH3 is 1. The summed E-state index contributed by atoms with van der Waals surface area (Å²) in [5, 5.41) is 0. The Bertz CT molecular complexity index is 211. The van der Waals surface area contributed by atoms with Gasteiger partial charge in [0.15, 0.2) is 0 Å². The van der Waals surface area contributed by atoms with E-state index in [-0.39, 0.29) is 0 Å². The molecule has 1 heteroatoms. The molecular weight excluding hydrogens is 124 g/mol. The summed E-state index contributed by atoms with van der Waals surface area (Å²) in [6.45, 7) is 5.28. The van der Waals surface area contributed by atoms with Crippen molar-refractivity contribution in [3.8, 4) is 5.75 Å². The van der Waals surface area contributed by atoms with Gasteiger partial charge >= 0.3 is 0 Å². The van der Waals surface area contributed by atoms with Crippen LogP contribution in [0, 0.1) is 6.58 Å². The molecule has 0 heterocycles. The van der Waals surface area contributed by atoms with E-state index in [1.807, 2.05) is 24.3 Å². The largest absolute Gasteiger partial charge is 0.497 e. The van der Waals surface area contributed by atoms with E-state index in [1.54, 1.807) is 13.2 Å². The van der Waals surface area contributed by atoms with Gasteiger partial charge in [0.05, 0.1) is 7.11 Å². The van der Waals surface area contributed by atoms with Crippen LogP contribution in [-0.2, 0) is 0 Å². The fraction of sp³-hybridized carbons (Fsp3) is 0.111. The van der Waals surface area contributed by atoms with Crippen LogP contribution in [0.3, 0.4) is 0 Å². The molecule has 51 valence electrons. The second kappa shape index (κ2) is 3.06. The predicted molar refractivity (Wildman–Crippen MR) is 41.8 cm³/mol. The molecule has 1 aromatic rings. The number of hydrogen-bond donors (Lipinski definition) is 0. The molecule has 0 N–H and O–H groups in total. The molecule has 0 aliphatic carbocycles. The number of rotatable bonds is 2. The Hall–Kier alpha value is -1.24. The van der Waals surface area contributed by atoms with Gasteiger partial charge in [-0.1, -0.05) is 24.8 Å². The van der Waals surface area contributed by atoms with Crippen molar-refractivity contribution in [3.05, 3.63) is 36.4 Å². The first kappa shape index (κ1) is 6.87. The zero-order chi connectivity index (χ0) is 7.40. The Labute approximate surface area is 61.0 Å². The number of ether oxygens (including phenoxy) is 1. The number of benzene rings is 1. The van der Waals surface area contributed by atoms with Gasteiger partial charge in [0, 0.05) is 0 Å². The van der Waals surface area contributed by atoms with Gasteiger partial charge in [-0.3, -0.25) is 0 Å². The van der Waals surface area contributed by atoms with Crippen molar-refractivity contribution in [2.24, 2.45) is 0 Å². The SMILES string of the molecule is [CH]=Cc1ccc(OC)cc1. The van der Waals surface area contributed by atoms with Crippen LogP contribution >= 0.6 is 0 Å². The van der Waals surface area contributed by atoms with Gasteiger partial charge in [0.2, 0.25) is 0 Å². The van der Waals surface area contributed by atoms with Gasteiger partial charge in [-0.05, 0) is 17.7 Å². The average Bonchev–Trinajstić information content (AvgIpc) is 2.05. The highest BCUT2D eigenvalue weighted by Crippen LogP contribution is 2.11. The summed E-state index contributed by atoms with van der Waals surface area (Å²) in [6, 6.07) is 7.55. The molecule has 0 aliphatic rings. The third kappa shape index (κ3) is 1.38. The van der Waals surface area contributed by atoms with E-state index in [0.29, 0.717) is 0 Å². The normalized spacial score (nSPS) is 8.90. The molecular formula is C9H9O.